The number of rotatable bonds is 6. The first-order valence-electron chi connectivity index (χ1n) is 6.81. The summed E-state index contributed by atoms with van der Waals surface area (Å²) in [5.41, 5.74) is 0.0292. The lowest BCUT2D eigenvalue weighted by atomic mass is 10.2. The molecular weight excluding hydrogens is 302 g/mol. The minimum absolute atomic E-state index is 0.0292. The van der Waals surface area contributed by atoms with E-state index in [2.05, 4.69) is 15.3 Å². The van der Waals surface area contributed by atoms with Gasteiger partial charge in [0.25, 0.3) is 0 Å². The average molecular weight is 317 g/mol. The summed E-state index contributed by atoms with van der Waals surface area (Å²) in [5.74, 6) is -1.87. The van der Waals surface area contributed by atoms with Gasteiger partial charge in [-0.1, -0.05) is 0 Å². The fourth-order valence-electron chi connectivity index (χ4n) is 1.98. The predicted molar refractivity (Wildman–Crippen MR) is 73.9 cm³/mol. The van der Waals surface area contributed by atoms with Crippen molar-refractivity contribution in [2.75, 3.05) is 18.5 Å². The molecule has 0 aliphatic rings. The number of nitrogens with zero attached hydrogens (tertiary/aromatic N) is 2. The highest BCUT2D eigenvalue weighted by atomic mass is 19.4. The van der Waals surface area contributed by atoms with E-state index in [-0.39, 0.29) is 23.3 Å². The van der Waals surface area contributed by atoms with E-state index >= 15 is 0 Å². The molecule has 0 aliphatic carbocycles. The van der Waals surface area contributed by atoms with Gasteiger partial charge in [-0.25, -0.2) is 14.4 Å². The first kappa shape index (κ1) is 16.4. The molecule has 4 nitrogen and oxygen atoms in total. The summed E-state index contributed by atoms with van der Waals surface area (Å²) in [6.45, 7) is 0.444. The summed E-state index contributed by atoms with van der Waals surface area (Å²) < 4.78 is 51.7. The van der Waals surface area contributed by atoms with Gasteiger partial charge in [0.05, 0.1) is 5.52 Å². The van der Waals surface area contributed by atoms with Gasteiger partial charge in [-0.2, -0.15) is 13.2 Å². The Bertz CT molecular complexity index is 646. The zero-order valence-electron chi connectivity index (χ0n) is 11.6. The van der Waals surface area contributed by atoms with Crippen molar-refractivity contribution in [3.8, 4) is 0 Å². The van der Waals surface area contributed by atoms with Gasteiger partial charge < -0.3 is 10.4 Å². The molecule has 0 amide bonds. The fraction of sp³-hybridized carbons (Fsp3) is 0.429. The molecule has 0 spiro atoms. The van der Waals surface area contributed by atoms with Crippen molar-refractivity contribution in [3.63, 3.8) is 0 Å². The van der Waals surface area contributed by atoms with Gasteiger partial charge in [-0.05, 0) is 37.5 Å². The van der Waals surface area contributed by atoms with Crippen molar-refractivity contribution in [2.24, 2.45) is 0 Å². The molecule has 2 rings (SSSR count). The molecule has 1 aromatic carbocycles. The molecule has 0 unspecified atom stereocenters. The number of hydrogen-bond donors (Lipinski definition) is 2. The van der Waals surface area contributed by atoms with Crippen molar-refractivity contribution >= 4 is 16.7 Å². The Morgan fingerprint density at radius 3 is 2.55 bits per heavy atom. The number of aliphatic hydroxyl groups is 1. The minimum atomic E-state index is -4.67. The molecule has 0 radical (unpaired) electrons. The predicted octanol–water partition coefficient (Wildman–Crippen LogP) is 3.36. The van der Waals surface area contributed by atoms with E-state index in [9.17, 15) is 17.6 Å². The first-order valence-corrected chi connectivity index (χ1v) is 6.81. The molecule has 2 N–H and O–H groups in total. The summed E-state index contributed by atoms with van der Waals surface area (Å²) in [4.78, 5) is 6.90. The highest BCUT2D eigenvalue weighted by Crippen LogP contribution is 2.30. The van der Waals surface area contributed by atoms with Crippen LogP contribution in [0.25, 0.3) is 10.9 Å². The Kier molecular flexibility index (Phi) is 5.12. The lowest BCUT2D eigenvalue weighted by Gasteiger charge is -2.12. The highest BCUT2D eigenvalue weighted by molar-refractivity contribution is 5.89. The maximum absolute atomic E-state index is 13.3. The largest absolute Gasteiger partial charge is 0.451 e. The number of benzene rings is 1. The van der Waals surface area contributed by atoms with Crippen LogP contribution in [0.15, 0.2) is 18.2 Å². The number of halogens is 4. The number of alkyl halides is 3. The van der Waals surface area contributed by atoms with Crippen LogP contribution in [0.5, 0.6) is 0 Å². The van der Waals surface area contributed by atoms with Gasteiger partial charge in [0.15, 0.2) is 0 Å². The molecule has 22 heavy (non-hydrogen) atoms. The molecule has 1 aromatic heterocycles. The molecule has 1 heterocycles. The van der Waals surface area contributed by atoms with Gasteiger partial charge in [0.2, 0.25) is 5.82 Å². The van der Waals surface area contributed by atoms with E-state index in [1.807, 2.05) is 0 Å². The fourth-order valence-corrected chi connectivity index (χ4v) is 1.98. The SMILES string of the molecule is OCCCCCNc1nc(C(F)(F)F)nc2ccc(F)cc12. The lowest BCUT2D eigenvalue weighted by molar-refractivity contribution is -0.144. The molecule has 0 bridgehead atoms. The topological polar surface area (TPSA) is 58.0 Å². The van der Waals surface area contributed by atoms with E-state index in [0.717, 1.165) is 18.6 Å². The van der Waals surface area contributed by atoms with Crippen LogP contribution in [0.2, 0.25) is 0 Å². The van der Waals surface area contributed by atoms with Crippen LogP contribution in [0.1, 0.15) is 25.1 Å². The van der Waals surface area contributed by atoms with Gasteiger partial charge in [-0.3, -0.25) is 0 Å². The Morgan fingerprint density at radius 1 is 1.09 bits per heavy atom. The van der Waals surface area contributed by atoms with Gasteiger partial charge >= 0.3 is 6.18 Å². The van der Waals surface area contributed by atoms with Crippen LogP contribution >= 0.6 is 0 Å². The Hall–Kier alpha value is -1.96. The standard InChI is InChI=1S/C14H15F4N3O/c15-9-4-5-11-10(8-9)12(19-6-2-1-3-7-22)21-13(20-11)14(16,17)18/h4-5,8,22H,1-3,6-7H2,(H,19,20,21). The second-order valence-electron chi connectivity index (χ2n) is 4.77. The minimum Gasteiger partial charge on any atom is -0.396 e. The molecule has 2 aromatic rings. The molecule has 120 valence electrons. The van der Waals surface area contributed by atoms with E-state index in [0.29, 0.717) is 19.4 Å². The van der Waals surface area contributed by atoms with Crippen molar-refractivity contribution in [1.82, 2.24) is 9.97 Å². The number of hydrogen-bond acceptors (Lipinski definition) is 4. The molecule has 8 heteroatoms. The highest BCUT2D eigenvalue weighted by Gasteiger charge is 2.35. The van der Waals surface area contributed by atoms with Crippen LogP contribution in [0.3, 0.4) is 0 Å². The summed E-state index contributed by atoms with van der Waals surface area (Å²) in [7, 11) is 0. The molecule has 0 aliphatic heterocycles. The third kappa shape index (κ3) is 4.03. The van der Waals surface area contributed by atoms with Crippen molar-refractivity contribution in [2.45, 2.75) is 25.4 Å². The Morgan fingerprint density at radius 2 is 1.86 bits per heavy atom. The number of unbranched alkanes of at least 4 members (excludes halogenated alkanes) is 2. The first-order chi connectivity index (χ1) is 10.4. The second-order valence-corrected chi connectivity index (χ2v) is 4.77. The molecular formula is C14H15F4N3O. The van der Waals surface area contributed by atoms with E-state index in [1.165, 1.54) is 6.07 Å². The zero-order chi connectivity index (χ0) is 16.2. The summed E-state index contributed by atoms with van der Waals surface area (Å²) in [5, 5.41) is 11.7. The van der Waals surface area contributed by atoms with Crippen LogP contribution in [-0.4, -0.2) is 28.2 Å². The van der Waals surface area contributed by atoms with Crippen molar-refractivity contribution in [3.05, 3.63) is 29.8 Å². The summed E-state index contributed by atoms with van der Waals surface area (Å²) >= 11 is 0. The lowest BCUT2D eigenvalue weighted by Crippen LogP contribution is -2.14. The van der Waals surface area contributed by atoms with Gasteiger partial charge in [0, 0.05) is 18.5 Å². The van der Waals surface area contributed by atoms with Crippen molar-refractivity contribution in [1.29, 1.82) is 0 Å². The van der Waals surface area contributed by atoms with E-state index in [4.69, 9.17) is 5.11 Å². The van der Waals surface area contributed by atoms with Crippen LogP contribution in [0.4, 0.5) is 23.4 Å². The number of fused-ring (bicyclic) bond motifs is 1. The quantitative estimate of drug-likeness (QED) is 0.633. The smallest absolute Gasteiger partial charge is 0.396 e. The van der Waals surface area contributed by atoms with Crippen LogP contribution < -0.4 is 5.32 Å². The number of anilines is 1. The van der Waals surface area contributed by atoms with E-state index < -0.39 is 17.8 Å². The molecule has 0 atom stereocenters. The third-order valence-electron chi connectivity index (χ3n) is 3.04. The maximum Gasteiger partial charge on any atom is 0.451 e. The number of aliphatic hydroxyl groups excluding tert-OH is 1. The summed E-state index contributed by atoms with van der Waals surface area (Å²) in [6, 6.07) is 3.35. The monoisotopic (exact) mass is 317 g/mol. The van der Waals surface area contributed by atoms with Crippen molar-refractivity contribution < 1.29 is 22.7 Å². The number of aromatic nitrogens is 2. The molecule has 0 saturated carbocycles. The van der Waals surface area contributed by atoms with E-state index in [1.54, 1.807) is 0 Å². The van der Waals surface area contributed by atoms with Gasteiger partial charge in [-0.15, -0.1) is 0 Å². The zero-order valence-corrected chi connectivity index (χ0v) is 11.6. The Balaban J connectivity index is 2.30. The normalized spacial score (nSPS) is 11.9. The summed E-state index contributed by atoms with van der Waals surface area (Å²) in [6.07, 6.45) is -2.67. The maximum atomic E-state index is 13.3. The molecule has 0 fully saturated rings. The van der Waals surface area contributed by atoms with Crippen LogP contribution in [-0.2, 0) is 6.18 Å². The third-order valence-corrected chi connectivity index (χ3v) is 3.04. The van der Waals surface area contributed by atoms with Crippen LogP contribution in [0, 0.1) is 5.82 Å². The van der Waals surface area contributed by atoms with Gasteiger partial charge in [0.1, 0.15) is 11.6 Å². The average Bonchev–Trinajstić information content (AvgIpc) is 2.46. The number of nitrogens with one attached hydrogen (secondary N) is 1. The second kappa shape index (κ2) is 6.87. The Labute approximate surface area is 124 Å². The molecule has 0 saturated heterocycles.